The molecule has 2 atom stereocenters. The van der Waals surface area contributed by atoms with E-state index in [4.69, 9.17) is 0 Å². The van der Waals surface area contributed by atoms with Gasteiger partial charge in [-0.25, -0.2) is 0 Å². The topological polar surface area (TPSA) is 29.1 Å². The third-order valence-corrected chi connectivity index (χ3v) is 2.65. The van der Waals surface area contributed by atoms with Crippen LogP contribution in [0.4, 0.5) is 0 Å². The van der Waals surface area contributed by atoms with Gasteiger partial charge in [-0.2, -0.15) is 0 Å². The first kappa shape index (κ1) is 13.9. The van der Waals surface area contributed by atoms with Crippen molar-refractivity contribution in [2.45, 2.75) is 51.3 Å². The van der Waals surface area contributed by atoms with Gasteiger partial charge in [0.1, 0.15) is 0 Å². The molecule has 0 saturated carbocycles. The predicted octanol–water partition coefficient (Wildman–Crippen LogP) is 3.10. The Hall–Kier alpha value is -0.0500. The molecule has 0 aliphatic carbocycles. The summed E-state index contributed by atoms with van der Waals surface area (Å²) in [7, 11) is 0. The molecule has 1 N–H and O–H groups in total. The number of carbonyl (C=O) groups is 1. The summed E-state index contributed by atoms with van der Waals surface area (Å²) in [6, 6.07) is 0. The maximum Gasteiger partial charge on any atom is 0.223 e. The van der Waals surface area contributed by atoms with E-state index in [2.05, 4.69) is 35.1 Å². The molecule has 0 aliphatic heterocycles. The van der Waals surface area contributed by atoms with Gasteiger partial charge in [-0.3, -0.25) is 4.79 Å². The molecule has 3 heteroatoms. The normalized spacial score (nSPS) is 14.9. The van der Waals surface area contributed by atoms with Crippen molar-refractivity contribution in [1.82, 2.24) is 5.32 Å². The van der Waals surface area contributed by atoms with Crippen molar-refractivity contribution in [3.63, 3.8) is 0 Å². The van der Waals surface area contributed by atoms with Gasteiger partial charge >= 0.3 is 0 Å². The van der Waals surface area contributed by atoms with E-state index in [-0.39, 0.29) is 11.8 Å². The Labute approximate surface area is 96.0 Å². The van der Waals surface area contributed by atoms with E-state index in [1.807, 2.05) is 6.92 Å². The maximum atomic E-state index is 11.7. The maximum absolute atomic E-state index is 11.7. The van der Waals surface area contributed by atoms with Gasteiger partial charge < -0.3 is 5.32 Å². The Morgan fingerprint density at radius 3 is 2.50 bits per heavy atom. The van der Waals surface area contributed by atoms with Crippen LogP contribution >= 0.6 is 15.9 Å². The van der Waals surface area contributed by atoms with Gasteiger partial charge in [0.2, 0.25) is 5.91 Å². The van der Waals surface area contributed by atoms with Crippen LogP contribution in [0.15, 0.2) is 0 Å². The molecule has 1 amide bonds. The highest BCUT2D eigenvalue weighted by atomic mass is 79.9. The molecule has 0 rings (SSSR count). The van der Waals surface area contributed by atoms with Gasteiger partial charge in [0.05, 0.1) is 0 Å². The largest absolute Gasteiger partial charge is 0.355 e. The lowest BCUT2D eigenvalue weighted by Crippen LogP contribution is -2.33. The van der Waals surface area contributed by atoms with E-state index >= 15 is 0 Å². The van der Waals surface area contributed by atoms with E-state index in [0.29, 0.717) is 4.83 Å². The van der Waals surface area contributed by atoms with Gasteiger partial charge in [-0.05, 0) is 12.8 Å². The first-order valence-corrected chi connectivity index (χ1v) is 6.45. The first-order chi connectivity index (χ1) is 6.61. The minimum atomic E-state index is 0.209. The van der Waals surface area contributed by atoms with E-state index < -0.39 is 0 Å². The number of hydrogen-bond acceptors (Lipinski definition) is 1. The Balaban J connectivity index is 3.79. The molecule has 2 unspecified atom stereocenters. The Morgan fingerprint density at radius 1 is 1.43 bits per heavy atom. The summed E-state index contributed by atoms with van der Waals surface area (Å²) in [5.74, 6) is 0.424. The number of amides is 1. The quantitative estimate of drug-likeness (QED) is 0.703. The van der Waals surface area contributed by atoms with Gasteiger partial charge in [0.25, 0.3) is 0 Å². The first-order valence-electron chi connectivity index (χ1n) is 5.53. The van der Waals surface area contributed by atoms with Gasteiger partial charge in [-0.15, -0.1) is 0 Å². The van der Waals surface area contributed by atoms with Crippen LogP contribution in [0, 0.1) is 5.92 Å². The molecule has 0 bridgehead atoms. The van der Waals surface area contributed by atoms with Crippen LogP contribution in [-0.2, 0) is 4.79 Å². The number of halogens is 1. The number of carbonyl (C=O) groups excluding carboxylic acids is 1. The van der Waals surface area contributed by atoms with Crippen LogP contribution in [0.3, 0.4) is 0 Å². The van der Waals surface area contributed by atoms with Crippen LogP contribution in [-0.4, -0.2) is 17.3 Å². The highest BCUT2D eigenvalue weighted by Gasteiger charge is 2.15. The lowest BCUT2D eigenvalue weighted by atomic mass is 9.98. The van der Waals surface area contributed by atoms with Crippen LogP contribution < -0.4 is 5.32 Å². The molecular weight excluding hydrogens is 242 g/mol. The zero-order chi connectivity index (χ0) is 11.0. The molecule has 0 fully saturated rings. The monoisotopic (exact) mass is 263 g/mol. The zero-order valence-corrected chi connectivity index (χ0v) is 11.1. The molecule has 0 spiro atoms. The van der Waals surface area contributed by atoms with Crippen LogP contribution in [0.2, 0.25) is 0 Å². The van der Waals surface area contributed by atoms with Crippen molar-refractivity contribution in [3.8, 4) is 0 Å². The zero-order valence-electron chi connectivity index (χ0n) is 9.48. The van der Waals surface area contributed by atoms with Crippen LogP contribution in [0.1, 0.15) is 46.5 Å². The van der Waals surface area contributed by atoms with Crippen molar-refractivity contribution < 1.29 is 4.79 Å². The van der Waals surface area contributed by atoms with Crippen molar-refractivity contribution in [2.24, 2.45) is 5.92 Å². The minimum Gasteiger partial charge on any atom is -0.355 e. The number of nitrogens with one attached hydrogen (secondary N) is 1. The predicted molar refractivity (Wildman–Crippen MR) is 64.7 cm³/mol. The average molecular weight is 264 g/mol. The number of hydrogen-bond donors (Lipinski definition) is 1. The van der Waals surface area contributed by atoms with E-state index in [0.717, 1.165) is 25.8 Å². The average Bonchev–Trinajstić information content (AvgIpc) is 2.16. The van der Waals surface area contributed by atoms with Crippen molar-refractivity contribution >= 4 is 21.8 Å². The Morgan fingerprint density at radius 2 is 2.07 bits per heavy atom. The van der Waals surface area contributed by atoms with E-state index in [9.17, 15) is 4.79 Å². The summed E-state index contributed by atoms with van der Waals surface area (Å²) in [5, 5.41) is 2.96. The molecule has 0 radical (unpaired) electrons. The number of alkyl halides is 1. The summed E-state index contributed by atoms with van der Waals surface area (Å²) in [4.78, 5) is 12.0. The van der Waals surface area contributed by atoms with E-state index in [1.165, 1.54) is 6.42 Å². The summed E-state index contributed by atoms with van der Waals surface area (Å²) in [5.41, 5.74) is 0. The molecule has 84 valence electrons. The molecule has 0 aromatic heterocycles. The fourth-order valence-electron chi connectivity index (χ4n) is 1.36. The van der Waals surface area contributed by atoms with Crippen molar-refractivity contribution in [3.05, 3.63) is 0 Å². The van der Waals surface area contributed by atoms with Crippen molar-refractivity contribution in [1.29, 1.82) is 0 Å². The van der Waals surface area contributed by atoms with Gasteiger partial charge in [0, 0.05) is 17.3 Å². The lowest BCUT2D eigenvalue weighted by molar-refractivity contribution is -0.125. The SMILES string of the molecule is CCCCC(CC)C(=O)NCC(C)Br. The highest BCUT2D eigenvalue weighted by Crippen LogP contribution is 2.12. The van der Waals surface area contributed by atoms with Gasteiger partial charge in [-0.1, -0.05) is 49.5 Å². The smallest absolute Gasteiger partial charge is 0.223 e. The fourth-order valence-corrected chi connectivity index (χ4v) is 1.52. The fraction of sp³-hybridized carbons (Fsp3) is 0.909. The lowest BCUT2D eigenvalue weighted by Gasteiger charge is -2.15. The highest BCUT2D eigenvalue weighted by molar-refractivity contribution is 9.09. The number of unbranched alkanes of at least 4 members (excludes halogenated alkanes) is 1. The van der Waals surface area contributed by atoms with Crippen molar-refractivity contribution in [2.75, 3.05) is 6.54 Å². The summed E-state index contributed by atoms with van der Waals surface area (Å²) in [6.07, 6.45) is 4.28. The second-order valence-electron chi connectivity index (χ2n) is 3.77. The summed E-state index contributed by atoms with van der Waals surface area (Å²) >= 11 is 3.41. The van der Waals surface area contributed by atoms with E-state index in [1.54, 1.807) is 0 Å². The molecule has 0 aromatic carbocycles. The Kier molecular flexibility index (Phi) is 8.24. The van der Waals surface area contributed by atoms with Gasteiger partial charge in [0.15, 0.2) is 0 Å². The molecule has 0 aromatic rings. The van der Waals surface area contributed by atoms with Crippen LogP contribution in [0.5, 0.6) is 0 Å². The molecule has 0 heterocycles. The third-order valence-electron chi connectivity index (χ3n) is 2.33. The van der Waals surface area contributed by atoms with Crippen LogP contribution in [0.25, 0.3) is 0 Å². The minimum absolute atomic E-state index is 0.209. The molecule has 14 heavy (non-hydrogen) atoms. The third kappa shape index (κ3) is 6.41. The second kappa shape index (κ2) is 8.27. The molecule has 0 aliphatic rings. The molecule has 2 nitrogen and oxygen atoms in total. The Bertz CT molecular complexity index is 159. The summed E-state index contributed by atoms with van der Waals surface area (Å²) < 4.78 is 0. The molecule has 0 saturated heterocycles. The number of rotatable bonds is 7. The second-order valence-corrected chi connectivity index (χ2v) is 5.34. The summed E-state index contributed by atoms with van der Waals surface area (Å²) in [6.45, 7) is 7.00. The molecular formula is C11H22BrNO. The standard InChI is InChI=1S/C11H22BrNO/c1-4-6-7-10(5-2)11(14)13-8-9(3)12/h9-10H,4-8H2,1-3H3,(H,13,14).